The molecule has 0 radical (unpaired) electrons. The van der Waals surface area contributed by atoms with Gasteiger partial charge in [-0.3, -0.25) is 4.90 Å². The Morgan fingerprint density at radius 2 is 1.91 bits per heavy atom. The van der Waals surface area contributed by atoms with Crippen LogP contribution in [-0.2, 0) is 27.4 Å². The fraction of sp³-hybridized carbons (Fsp3) is 0.647. The fourth-order valence-corrected chi connectivity index (χ4v) is 3.91. The quantitative estimate of drug-likeness (QED) is 0.847. The molecular formula is C17H22ClNO4. The SMILES string of the molecule is Clc1cc2c(c(CN3CCC(C4OCCO4)CC3)c1)OCOC2. The summed E-state index contributed by atoms with van der Waals surface area (Å²) in [5.41, 5.74) is 2.20. The van der Waals surface area contributed by atoms with E-state index in [-0.39, 0.29) is 6.29 Å². The Morgan fingerprint density at radius 1 is 1.13 bits per heavy atom. The normalized spacial score (nSPS) is 23.7. The molecule has 126 valence electrons. The molecule has 0 aliphatic carbocycles. The first kappa shape index (κ1) is 15.7. The van der Waals surface area contributed by atoms with Crippen molar-refractivity contribution < 1.29 is 18.9 Å². The largest absolute Gasteiger partial charge is 0.467 e. The van der Waals surface area contributed by atoms with E-state index in [0.29, 0.717) is 19.3 Å². The average Bonchev–Trinajstić information content (AvgIpc) is 3.10. The molecule has 6 heteroatoms. The van der Waals surface area contributed by atoms with Crippen molar-refractivity contribution in [1.82, 2.24) is 4.90 Å². The van der Waals surface area contributed by atoms with Crippen molar-refractivity contribution in [2.75, 3.05) is 33.1 Å². The maximum absolute atomic E-state index is 6.25. The van der Waals surface area contributed by atoms with Gasteiger partial charge in [0.15, 0.2) is 13.1 Å². The van der Waals surface area contributed by atoms with Crippen molar-refractivity contribution in [3.05, 3.63) is 28.3 Å². The minimum absolute atomic E-state index is 0.0107. The van der Waals surface area contributed by atoms with E-state index < -0.39 is 0 Å². The van der Waals surface area contributed by atoms with E-state index in [1.807, 2.05) is 12.1 Å². The number of piperidine rings is 1. The Morgan fingerprint density at radius 3 is 2.70 bits per heavy atom. The van der Waals surface area contributed by atoms with Crippen LogP contribution in [-0.4, -0.2) is 44.3 Å². The molecule has 1 aromatic rings. The van der Waals surface area contributed by atoms with Gasteiger partial charge in [-0.25, -0.2) is 0 Å². The maximum Gasteiger partial charge on any atom is 0.189 e. The molecule has 2 fully saturated rings. The molecule has 0 saturated carbocycles. The zero-order valence-corrected chi connectivity index (χ0v) is 13.9. The Kier molecular flexibility index (Phi) is 4.73. The smallest absolute Gasteiger partial charge is 0.189 e. The van der Waals surface area contributed by atoms with Crippen LogP contribution in [0.1, 0.15) is 24.0 Å². The van der Waals surface area contributed by atoms with Crippen LogP contribution < -0.4 is 4.74 Å². The highest BCUT2D eigenvalue weighted by Crippen LogP contribution is 2.33. The average molecular weight is 340 g/mol. The summed E-state index contributed by atoms with van der Waals surface area (Å²) in [4.78, 5) is 2.45. The van der Waals surface area contributed by atoms with E-state index in [1.54, 1.807) is 0 Å². The van der Waals surface area contributed by atoms with Crippen molar-refractivity contribution in [3.63, 3.8) is 0 Å². The number of ether oxygens (including phenoxy) is 4. The van der Waals surface area contributed by atoms with Crippen molar-refractivity contribution in [3.8, 4) is 5.75 Å². The van der Waals surface area contributed by atoms with Crippen LogP contribution in [0, 0.1) is 5.92 Å². The highest BCUT2D eigenvalue weighted by Gasteiger charge is 2.30. The summed E-state index contributed by atoms with van der Waals surface area (Å²) in [6.07, 6.45) is 2.23. The molecular weight excluding hydrogens is 318 g/mol. The molecule has 0 bridgehead atoms. The molecule has 3 aliphatic heterocycles. The van der Waals surface area contributed by atoms with E-state index in [0.717, 1.165) is 67.6 Å². The van der Waals surface area contributed by atoms with Gasteiger partial charge in [0.2, 0.25) is 0 Å². The van der Waals surface area contributed by atoms with Crippen molar-refractivity contribution >= 4 is 11.6 Å². The fourth-order valence-electron chi connectivity index (χ4n) is 3.65. The van der Waals surface area contributed by atoms with E-state index in [4.69, 9.17) is 30.5 Å². The molecule has 1 aromatic carbocycles. The third kappa shape index (κ3) is 3.49. The molecule has 0 unspecified atom stereocenters. The van der Waals surface area contributed by atoms with Gasteiger partial charge in [-0.2, -0.15) is 0 Å². The lowest BCUT2D eigenvalue weighted by Crippen LogP contribution is -2.37. The Labute approximate surface area is 141 Å². The molecule has 0 aromatic heterocycles. The van der Waals surface area contributed by atoms with Crippen molar-refractivity contribution in [1.29, 1.82) is 0 Å². The summed E-state index contributed by atoms with van der Waals surface area (Å²) < 4.78 is 22.3. The predicted molar refractivity (Wildman–Crippen MR) is 85.4 cm³/mol. The third-order valence-electron chi connectivity index (χ3n) is 4.81. The second kappa shape index (κ2) is 6.95. The Bertz CT molecular complexity index is 554. The third-order valence-corrected chi connectivity index (χ3v) is 5.03. The van der Waals surface area contributed by atoms with Gasteiger partial charge in [0.25, 0.3) is 0 Å². The molecule has 3 aliphatic rings. The number of hydrogen-bond donors (Lipinski definition) is 0. The van der Waals surface area contributed by atoms with E-state index >= 15 is 0 Å². The van der Waals surface area contributed by atoms with Crippen LogP contribution in [0.25, 0.3) is 0 Å². The zero-order valence-electron chi connectivity index (χ0n) is 13.1. The standard InChI is InChI=1S/C17H22ClNO4/c18-15-7-13(16-14(8-15)10-20-11-23-16)9-19-3-1-12(2-4-19)17-21-5-6-22-17/h7-8,12,17H,1-6,9-11H2. The topological polar surface area (TPSA) is 40.2 Å². The minimum atomic E-state index is 0.0107. The number of halogens is 1. The number of benzene rings is 1. The van der Waals surface area contributed by atoms with Gasteiger partial charge in [-0.1, -0.05) is 11.6 Å². The molecule has 0 amide bonds. The monoisotopic (exact) mass is 339 g/mol. The first-order valence-corrected chi connectivity index (χ1v) is 8.65. The van der Waals surface area contributed by atoms with Crippen LogP contribution in [0.5, 0.6) is 5.75 Å². The summed E-state index contributed by atoms with van der Waals surface area (Å²) in [7, 11) is 0. The highest BCUT2D eigenvalue weighted by atomic mass is 35.5. The second-order valence-corrected chi connectivity index (χ2v) is 6.82. The van der Waals surface area contributed by atoms with Crippen LogP contribution in [0.3, 0.4) is 0 Å². The minimum Gasteiger partial charge on any atom is -0.467 e. The number of rotatable bonds is 3. The van der Waals surface area contributed by atoms with Gasteiger partial charge in [0.1, 0.15) is 5.75 Å². The van der Waals surface area contributed by atoms with Crippen LogP contribution in [0.2, 0.25) is 5.02 Å². The number of likely N-dealkylation sites (tertiary alicyclic amines) is 1. The van der Waals surface area contributed by atoms with Crippen molar-refractivity contribution in [2.45, 2.75) is 32.3 Å². The van der Waals surface area contributed by atoms with Crippen LogP contribution in [0.15, 0.2) is 12.1 Å². The summed E-state index contributed by atoms with van der Waals surface area (Å²) in [6, 6.07) is 3.95. The van der Waals surface area contributed by atoms with Gasteiger partial charge in [-0.05, 0) is 38.1 Å². The number of hydrogen-bond acceptors (Lipinski definition) is 5. The first-order valence-electron chi connectivity index (χ1n) is 8.27. The summed E-state index contributed by atoms with van der Waals surface area (Å²) in [5.74, 6) is 1.47. The van der Waals surface area contributed by atoms with Gasteiger partial charge in [0.05, 0.1) is 19.8 Å². The highest BCUT2D eigenvalue weighted by molar-refractivity contribution is 6.30. The molecule has 0 spiro atoms. The lowest BCUT2D eigenvalue weighted by molar-refractivity contribution is -0.0978. The maximum atomic E-state index is 6.25. The Balaban J connectivity index is 1.40. The van der Waals surface area contributed by atoms with E-state index in [1.165, 1.54) is 0 Å². The van der Waals surface area contributed by atoms with Gasteiger partial charge >= 0.3 is 0 Å². The lowest BCUT2D eigenvalue weighted by atomic mass is 9.95. The summed E-state index contributed by atoms with van der Waals surface area (Å²) >= 11 is 6.25. The molecule has 0 atom stereocenters. The second-order valence-electron chi connectivity index (χ2n) is 6.39. The van der Waals surface area contributed by atoms with Crippen LogP contribution >= 0.6 is 11.6 Å². The van der Waals surface area contributed by atoms with Gasteiger partial charge < -0.3 is 18.9 Å². The Hall–Kier alpha value is -0.850. The van der Waals surface area contributed by atoms with Crippen LogP contribution in [0.4, 0.5) is 0 Å². The van der Waals surface area contributed by atoms with Gasteiger partial charge in [0, 0.05) is 28.6 Å². The van der Waals surface area contributed by atoms with Gasteiger partial charge in [-0.15, -0.1) is 0 Å². The summed E-state index contributed by atoms with van der Waals surface area (Å²) in [6.45, 7) is 5.32. The van der Waals surface area contributed by atoms with E-state index in [2.05, 4.69) is 4.90 Å². The number of fused-ring (bicyclic) bond motifs is 1. The first-order chi connectivity index (χ1) is 11.3. The molecule has 0 N–H and O–H groups in total. The lowest BCUT2D eigenvalue weighted by Gasteiger charge is -2.34. The molecule has 23 heavy (non-hydrogen) atoms. The predicted octanol–water partition coefficient (Wildman–Crippen LogP) is 2.79. The zero-order chi connectivity index (χ0) is 15.6. The summed E-state index contributed by atoms with van der Waals surface area (Å²) in [5, 5.41) is 0.746. The molecule has 4 rings (SSSR count). The number of nitrogens with zero attached hydrogens (tertiary/aromatic N) is 1. The van der Waals surface area contributed by atoms with E-state index in [9.17, 15) is 0 Å². The van der Waals surface area contributed by atoms with Crippen molar-refractivity contribution in [2.24, 2.45) is 5.92 Å². The molecule has 2 saturated heterocycles. The molecule has 3 heterocycles. The molecule has 5 nitrogen and oxygen atoms in total.